The van der Waals surface area contributed by atoms with E-state index in [1.807, 2.05) is 36.4 Å². The number of nitrogens with zero attached hydrogens (tertiary/aromatic N) is 2. The number of halogens is 3. The Bertz CT molecular complexity index is 1200. The first-order valence-corrected chi connectivity index (χ1v) is 12.2. The highest BCUT2D eigenvalue weighted by Crippen LogP contribution is 2.48. The number of hydrogen-bond donors (Lipinski definition) is 1. The molecule has 3 aliphatic rings. The summed E-state index contributed by atoms with van der Waals surface area (Å²) >= 11 is 12.5. The fourth-order valence-electron chi connectivity index (χ4n) is 6.12. The van der Waals surface area contributed by atoms with Gasteiger partial charge in [-0.25, -0.2) is 0 Å². The lowest BCUT2D eigenvalue weighted by molar-refractivity contribution is -0.984. The van der Waals surface area contributed by atoms with Crippen molar-refractivity contribution >= 4 is 34.1 Å². The van der Waals surface area contributed by atoms with Crippen LogP contribution in [0, 0.1) is 11.8 Å². The third kappa shape index (κ3) is 4.43. The third-order valence-corrected chi connectivity index (χ3v) is 8.56. The van der Waals surface area contributed by atoms with Gasteiger partial charge in [-0.3, -0.25) is 4.98 Å². The molecule has 2 bridgehead atoms. The molecule has 34 heavy (non-hydrogen) atoms. The first-order chi connectivity index (χ1) is 15.9. The number of aliphatic hydroxyl groups excluding tert-OH is 1. The van der Waals surface area contributed by atoms with Gasteiger partial charge in [0.15, 0.2) is 0 Å². The zero-order valence-electron chi connectivity index (χ0n) is 19.1. The van der Waals surface area contributed by atoms with Crippen LogP contribution in [0.5, 0.6) is 5.75 Å². The summed E-state index contributed by atoms with van der Waals surface area (Å²) in [6.07, 6.45) is 5.40. The van der Waals surface area contributed by atoms with Crippen molar-refractivity contribution in [3.05, 3.63) is 82.5 Å². The highest BCUT2D eigenvalue weighted by molar-refractivity contribution is 6.42. The molecule has 180 valence electrons. The molecule has 1 aromatic heterocycles. The van der Waals surface area contributed by atoms with Crippen LogP contribution in [0.25, 0.3) is 10.9 Å². The first-order valence-electron chi connectivity index (χ1n) is 11.5. The van der Waals surface area contributed by atoms with Gasteiger partial charge in [-0.1, -0.05) is 35.3 Å². The molecule has 7 heteroatoms. The summed E-state index contributed by atoms with van der Waals surface area (Å²) in [7, 11) is 1.66. The number of piperidine rings is 3. The van der Waals surface area contributed by atoms with Crippen LogP contribution in [0.15, 0.2) is 61.3 Å². The Morgan fingerprint density at radius 1 is 1.21 bits per heavy atom. The minimum Gasteiger partial charge on any atom is -1.00 e. The quantitative estimate of drug-likeness (QED) is 0.402. The summed E-state index contributed by atoms with van der Waals surface area (Å²) in [5.41, 5.74) is 2.92. The molecule has 6 rings (SSSR count). The maximum atomic E-state index is 11.9. The molecule has 3 aliphatic heterocycles. The van der Waals surface area contributed by atoms with E-state index >= 15 is 0 Å². The van der Waals surface area contributed by atoms with Crippen LogP contribution < -0.4 is 17.1 Å². The number of hydrogen-bond acceptors (Lipinski definition) is 3. The molecule has 4 heterocycles. The second-order valence-electron chi connectivity index (χ2n) is 9.51. The van der Waals surface area contributed by atoms with Crippen molar-refractivity contribution in [3.63, 3.8) is 0 Å². The van der Waals surface area contributed by atoms with E-state index in [1.165, 1.54) is 0 Å². The van der Waals surface area contributed by atoms with Gasteiger partial charge in [-0.2, -0.15) is 0 Å². The zero-order chi connectivity index (χ0) is 23.2. The van der Waals surface area contributed by atoms with E-state index in [-0.39, 0.29) is 18.4 Å². The van der Waals surface area contributed by atoms with E-state index in [2.05, 4.69) is 23.7 Å². The zero-order valence-corrected chi connectivity index (χ0v) is 21.4. The van der Waals surface area contributed by atoms with Crippen molar-refractivity contribution < 1.29 is 26.7 Å². The van der Waals surface area contributed by atoms with Crippen molar-refractivity contribution in [2.75, 3.05) is 20.2 Å². The monoisotopic (exact) mass is 518 g/mol. The molecule has 0 spiro atoms. The molecule has 3 fully saturated rings. The normalized spacial score (nSPS) is 26.6. The number of benzene rings is 2. The fraction of sp³-hybridized carbons (Fsp3) is 0.370. The van der Waals surface area contributed by atoms with Crippen LogP contribution in [0.1, 0.15) is 30.1 Å². The molecule has 0 amide bonds. The van der Waals surface area contributed by atoms with Crippen LogP contribution in [0.3, 0.4) is 0 Å². The number of methoxy groups -OCH3 is 1. The first kappa shape index (κ1) is 25.3. The number of fused-ring (bicyclic) bond motifs is 4. The van der Waals surface area contributed by atoms with Gasteiger partial charge in [0.1, 0.15) is 24.4 Å². The van der Waals surface area contributed by atoms with Gasteiger partial charge in [-0.15, -0.1) is 6.58 Å². The number of pyridine rings is 1. The van der Waals surface area contributed by atoms with Crippen molar-refractivity contribution in [3.8, 4) is 5.75 Å². The number of rotatable bonds is 6. The molecule has 5 atom stereocenters. The molecule has 4 nitrogen and oxygen atoms in total. The summed E-state index contributed by atoms with van der Waals surface area (Å²) in [5.74, 6) is 1.78. The van der Waals surface area contributed by atoms with Crippen LogP contribution in [-0.4, -0.2) is 40.8 Å². The van der Waals surface area contributed by atoms with Crippen LogP contribution in [0.2, 0.25) is 10.0 Å². The van der Waals surface area contributed by atoms with E-state index in [0.29, 0.717) is 21.9 Å². The molecule has 1 unspecified atom stereocenters. The van der Waals surface area contributed by atoms with E-state index in [0.717, 1.165) is 64.7 Å². The molecule has 0 aliphatic carbocycles. The molecular weight excluding hydrogens is 491 g/mol. The molecular formula is C27H29Cl3N2O2. The Kier molecular flexibility index (Phi) is 7.47. The Morgan fingerprint density at radius 3 is 2.76 bits per heavy atom. The largest absolute Gasteiger partial charge is 1.00 e. The third-order valence-electron chi connectivity index (χ3n) is 7.82. The second-order valence-corrected chi connectivity index (χ2v) is 10.3. The van der Waals surface area contributed by atoms with Gasteiger partial charge in [0.05, 0.1) is 35.8 Å². The summed E-state index contributed by atoms with van der Waals surface area (Å²) in [5, 5.41) is 14.0. The van der Waals surface area contributed by atoms with Crippen molar-refractivity contribution in [1.29, 1.82) is 0 Å². The fourth-order valence-corrected chi connectivity index (χ4v) is 6.44. The molecule has 0 saturated carbocycles. The van der Waals surface area contributed by atoms with Crippen molar-refractivity contribution in [2.24, 2.45) is 11.8 Å². The standard InChI is InChI=1S/C27H29Cl2N2O2.ClH/c1-3-18-16-31(15-17-4-6-23(28)24(29)12-17)11-9-19(18)13-26(31)27(32)21-8-10-30-25-7-5-20(33-2)14-22(21)25;/h3-8,10,12,14,18-19,26-27,32H,1,9,11,13,15-16H2,2H3;1H/q+1;/p-1/t18-,19-,26+,27-,31?;/m0./s1. The number of ether oxygens (including phenoxy) is 1. The van der Waals surface area contributed by atoms with Gasteiger partial charge in [0.25, 0.3) is 0 Å². The van der Waals surface area contributed by atoms with E-state index in [4.69, 9.17) is 27.9 Å². The lowest BCUT2D eigenvalue weighted by Crippen LogP contribution is -3.00. The minimum atomic E-state index is -0.612. The topological polar surface area (TPSA) is 42.4 Å². The van der Waals surface area contributed by atoms with E-state index < -0.39 is 6.10 Å². The maximum absolute atomic E-state index is 11.9. The van der Waals surface area contributed by atoms with Gasteiger partial charge in [-0.05, 0) is 47.9 Å². The second kappa shape index (κ2) is 10.0. The number of aromatic nitrogens is 1. The molecule has 1 N–H and O–H groups in total. The smallest absolute Gasteiger partial charge is 0.131 e. The summed E-state index contributed by atoms with van der Waals surface area (Å²) in [6.45, 7) is 6.94. The predicted molar refractivity (Wildman–Crippen MR) is 134 cm³/mol. The number of quaternary nitrogens is 1. The summed E-state index contributed by atoms with van der Waals surface area (Å²) in [4.78, 5) is 4.51. The van der Waals surface area contributed by atoms with Crippen molar-refractivity contribution in [1.82, 2.24) is 4.98 Å². The Balaban J connectivity index is 0.00000274. The number of aliphatic hydroxyl groups is 1. The van der Waals surface area contributed by atoms with Crippen LogP contribution in [0.4, 0.5) is 0 Å². The lowest BCUT2D eigenvalue weighted by Gasteiger charge is -2.58. The van der Waals surface area contributed by atoms with Crippen LogP contribution >= 0.6 is 23.2 Å². The SMILES string of the molecule is C=C[C@H]1C[N+]2(Cc3ccc(Cl)c(Cl)c3)CC[C@H]1C[C@@H]2[C@@H](O)c1ccnc2ccc(OC)cc12.[Cl-]. The van der Waals surface area contributed by atoms with Gasteiger partial charge >= 0.3 is 0 Å². The highest BCUT2D eigenvalue weighted by Gasteiger charge is 2.54. The average molecular weight is 520 g/mol. The Morgan fingerprint density at radius 2 is 2.03 bits per heavy atom. The van der Waals surface area contributed by atoms with Crippen LogP contribution in [-0.2, 0) is 6.54 Å². The predicted octanol–water partition coefficient (Wildman–Crippen LogP) is 3.20. The average Bonchev–Trinajstić information content (AvgIpc) is 2.85. The molecule has 2 aromatic carbocycles. The molecule has 3 saturated heterocycles. The minimum absolute atomic E-state index is 0. The maximum Gasteiger partial charge on any atom is 0.131 e. The highest BCUT2D eigenvalue weighted by atomic mass is 35.5. The van der Waals surface area contributed by atoms with Gasteiger partial charge < -0.3 is 26.7 Å². The molecule has 0 radical (unpaired) electrons. The van der Waals surface area contributed by atoms with E-state index in [9.17, 15) is 5.11 Å². The lowest BCUT2D eigenvalue weighted by atomic mass is 9.71. The Labute approximate surface area is 217 Å². The van der Waals surface area contributed by atoms with Gasteiger partial charge in [0, 0.05) is 35.9 Å². The van der Waals surface area contributed by atoms with Crippen molar-refractivity contribution in [2.45, 2.75) is 31.5 Å². The summed E-state index contributed by atoms with van der Waals surface area (Å²) in [6, 6.07) is 13.8. The van der Waals surface area contributed by atoms with E-state index in [1.54, 1.807) is 13.3 Å². The summed E-state index contributed by atoms with van der Waals surface area (Å²) < 4.78 is 6.27. The molecule has 3 aromatic rings. The Hall–Kier alpha value is -1.82. The van der Waals surface area contributed by atoms with Gasteiger partial charge in [0.2, 0.25) is 0 Å².